The van der Waals surface area contributed by atoms with Gasteiger partial charge in [-0.1, -0.05) is 0 Å². The first-order valence-electron chi connectivity index (χ1n) is 4.21. The molecule has 1 aromatic rings. The maximum absolute atomic E-state index is 5.40. The number of hydrogen-bond acceptors (Lipinski definition) is 4. The summed E-state index contributed by atoms with van der Waals surface area (Å²) in [5.74, 6) is 7.18. The van der Waals surface area contributed by atoms with Gasteiger partial charge in [0.15, 0.2) is 0 Å². The number of hydrazine groups is 1. The molecule has 1 unspecified atom stereocenters. The predicted octanol–water partition coefficient (Wildman–Crippen LogP) is 1.05. The topological polar surface area (TPSA) is 60.4 Å². The van der Waals surface area contributed by atoms with Crippen LogP contribution in [0.3, 0.4) is 0 Å². The molecule has 1 rings (SSSR count). The van der Waals surface area contributed by atoms with Crippen molar-refractivity contribution in [3.63, 3.8) is 0 Å². The van der Waals surface area contributed by atoms with Gasteiger partial charge in [-0.05, 0) is 19.9 Å². The summed E-state index contributed by atoms with van der Waals surface area (Å²) in [4.78, 5) is 0. The van der Waals surface area contributed by atoms with Gasteiger partial charge in [0.2, 0.25) is 0 Å². The lowest BCUT2D eigenvalue weighted by molar-refractivity contribution is 0.166. The number of methoxy groups -OCH3 is 1. The fraction of sp³-hybridized carbons (Fsp3) is 0.556. The summed E-state index contributed by atoms with van der Waals surface area (Å²) in [6, 6.07) is 1.97. The van der Waals surface area contributed by atoms with Crippen molar-refractivity contribution in [3.8, 4) is 0 Å². The Morgan fingerprint density at radius 1 is 1.62 bits per heavy atom. The van der Waals surface area contributed by atoms with Crippen LogP contribution in [0.1, 0.15) is 23.1 Å². The molecule has 0 fully saturated rings. The smallest absolute Gasteiger partial charge is 0.105 e. The van der Waals surface area contributed by atoms with Gasteiger partial charge < -0.3 is 9.15 Å². The standard InChI is InChI=1S/C9H16N2O2/c1-6-4-8(7(2)13-6)9(11-10)5-12-3/h4,9,11H,5,10H2,1-3H3. The van der Waals surface area contributed by atoms with Crippen LogP contribution < -0.4 is 11.3 Å². The average Bonchev–Trinajstić information content (AvgIpc) is 2.41. The first-order valence-corrected chi connectivity index (χ1v) is 4.21. The van der Waals surface area contributed by atoms with E-state index >= 15 is 0 Å². The summed E-state index contributed by atoms with van der Waals surface area (Å²) < 4.78 is 10.4. The number of nitrogens with two attached hydrogens (primary N) is 1. The van der Waals surface area contributed by atoms with Crippen LogP contribution in [0, 0.1) is 13.8 Å². The molecule has 0 aromatic carbocycles. The van der Waals surface area contributed by atoms with Gasteiger partial charge in [-0.25, -0.2) is 0 Å². The highest BCUT2D eigenvalue weighted by Crippen LogP contribution is 2.20. The summed E-state index contributed by atoms with van der Waals surface area (Å²) in [5.41, 5.74) is 3.75. The molecule has 0 aliphatic rings. The van der Waals surface area contributed by atoms with Gasteiger partial charge in [0.25, 0.3) is 0 Å². The van der Waals surface area contributed by atoms with Crippen LogP contribution >= 0.6 is 0 Å². The third kappa shape index (κ3) is 2.30. The van der Waals surface area contributed by atoms with Crippen LogP contribution in [0.2, 0.25) is 0 Å². The highest BCUT2D eigenvalue weighted by atomic mass is 16.5. The molecule has 1 aromatic heterocycles. The first-order chi connectivity index (χ1) is 6.19. The summed E-state index contributed by atoms with van der Waals surface area (Å²) in [7, 11) is 1.65. The maximum atomic E-state index is 5.40. The molecule has 1 atom stereocenters. The molecule has 0 aliphatic heterocycles. The molecule has 0 bridgehead atoms. The van der Waals surface area contributed by atoms with Crippen molar-refractivity contribution in [2.75, 3.05) is 13.7 Å². The van der Waals surface area contributed by atoms with E-state index in [4.69, 9.17) is 15.0 Å². The molecule has 0 saturated carbocycles. The van der Waals surface area contributed by atoms with Crippen LogP contribution in [-0.4, -0.2) is 13.7 Å². The number of furan rings is 1. The van der Waals surface area contributed by atoms with Crippen molar-refractivity contribution in [1.29, 1.82) is 0 Å². The zero-order chi connectivity index (χ0) is 9.84. The van der Waals surface area contributed by atoms with Crippen LogP contribution in [0.5, 0.6) is 0 Å². The van der Waals surface area contributed by atoms with Crippen molar-refractivity contribution in [3.05, 3.63) is 23.2 Å². The first kappa shape index (κ1) is 10.2. The lowest BCUT2D eigenvalue weighted by Gasteiger charge is -2.13. The van der Waals surface area contributed by atoms with Gasteiger partial charge in [0, 0.05) is 12.7 Å². The molecule has 0 aliphatic carbocycles. The predicted molar refractivity (Wildman–Crippen MR) is 50.1 cm³/mol. The third-order valence-corrected chi connectivity index (χ3v) is 1.99. The molecule has 3 N–H and O–H groups in total. The number of nitrogens with one attached hydrogen (secondary N) is 1. The SMILES string of the molecule is COCC(NN)c1cc(C)oc1C. The molecule has 74 valence electrons. The second kappa shape index (κ2) is 4.41. The van der Waals surface area contributed by atoms with Crippen molar-refractivity contribution in [2.24, 2.45) is 5.84 Å². The quantitative estimate of drug-likeness (QED) is 0.542. The van der Waals surface area contributed by atoms with E-state index in [1.807, 2.05) is 19.9 Å². The number of ether oxygens (including phenoxy) is 1. The molecule has 0 radical (unpaired) electrons. The van der Waals surface area contributed by atoms with Crippen molar-refractivity contribution in [2.45, 2.75) is 19.9 Å². The Kier molecular flexibility index (Phi) is 3.48. The Morgan fingerprint density at radius 2 is 2.31 bits per heavy atom. The number of rotatable bonds is 4. The summed E-state index contributed by atoms with van der Waals surface area (Å²) in [5, 5.41) is 0. The molecule has 0 spiro atoms. The summed E-state index contributed by atoms with van der Waals surface area (Å²) in [6.07, 6.45) is 0. The molecular formula is C9H16N2O2. The Balaban J connectivity index is 2.83. The molecule has 1 heterocycles. The van der Waals surface area contributed by atoms with E-state index in [1.54, 1.807) is 7.11 Å². The second-order valence-electron chi connectivity index (χ2n) is 3.04. The van der Waals surface area contributed by atoms with Crippen LogP contribution in [0.25, 0.3) is 0 Å². The monoisotopic (exact) mass is 184 g/mol. The van der Waals surface area contributed by atoms with Gasteiger partial charge in [-0.3, -0.25) is 11.3 Å². The molecule has 4 nitrogen and oxygen atoms in total. The lowest BCUT2D eigenvalue weighted by Crippen LogP contribution is -2.31. The highest BCUT2D eigenvalue weighted by molar-refractivity contribution is 5.23. The Morgan fingerprint density at radius 3 is 2.69 bits per heavy atom. The zero-order valence-corrected chi connectivity index (χ0v) is 8.26. The van der Waals surface area contributed by atoms with Gasteiger partial charge in [-0.2, -0.15) is 0 Å². The van der Waals surface area contributed by atoms with E-state index in [1.165, 1.54) is 0 Å². The minimum atomic E-state index is 0.00227. The van der Waals surface area contributed by atoms with Crippen molar-refractivity contribution < 1.29 is 9.15 Å². The van der Waals surface area contributed by atoms with Crippen LogP contribution in [-0.2, 0) is 4.74 Å². The van der Waals surface area contributed by atoms with E-state index in [0.29, 0.717) is 6.61 Å². The zero-order valence-electron chi connectivity index (χ0n) is 8.26. The van der Waals surface area contributed by atoms with Gasteiger partial charge in [-0.15, -0.1) is 0 Å². The van der Waals surface area contributed by atoms with Gasteiger partial charge in [0.1, 0.15) is 11.5 Å². The Labute approximate surface area is 78.0 Å². The van der Waals surface area contributed by atoms with Gasteiger partial charge in [0.05, 0.1) is 12.6 Å². The van der Waals surface area contributed by atoms with Crippen molar-refractivity contribution >= 4 is 0 Å². The fourth-order valence-corrected chi connectivity index (χ4v) is 1.39. The third-order valence-electron chi connectivity index (χ3n) is 1.99. The largest absolute Gasteiger partial charge is 0.466 e. The number of aryl methyl sites for hydroxylation is 2. The normalized spacial score (nSPS) is 13.2. The van der Waals surface area contributed by atoms with Gasteiger partial charge >= 0.3 is 0 Å². The molecule has 4 heteroatoms. The molecule has 0 saturated heterocycles. The fourth-order valence-electron chi connectivity index (χ4n) is 1.39. The Hall–Kier alpha value is -0.840. The summed E-state index contributed by atoms with van der Waals surface area (Å²) in [6.45, 7) is 4.37. The minimum absolute atomic E-state index is 0.00227. The van der Waals surface area contributed by atoms with Crippen LogP contribution in [0.4, 0.5) is 0 Å². The van der Waals surface area contributed by atoms with E-state index < -0.39 is 0 Å². The minimum Gasteiger partial charge on any atom is -0.466 e. The van der Waals surface area contributed by atoms with E-state index in [-0.39, 0.29) is 6.04 Å². The second-order valence-corrected chi connectivity index (χ2v) is 3.04. The maximum Gasteiger partial charge on any atom is 0.105 e. The molecule has 13 heavy (non-hydrogen) atoms. The summed E-state index contributed by atoms with van der Waals surface area (Å²) >= 11 is 0. The van der Waals surface area contributed by atoms with E-state index in [9.17, 15) is 0 Å². The van der Waals surface area contributed by atoms with Crippen molar-refractivity contribution in [1.82, 2.24) is 5.43 Å². The van der Waals surface area contributed by atoms with E-state index in [0.717, 1.165) is 17.1 Å². The Bertz CT molecular complexity index is 271. The molecule has 0 amide bonds. The highest BCUT2D eigenvalue weighted by Gasteiger charge is 2.15. The van der Waals surface area contributed by atoms with E-state index in [2.05, 4.69) is 5.43 Å². The lowest BCUT2D eigenvalue weighted by atomic mass is 10.1. The number of hydrogen-bond donors (Lipinski definition) is 2. The van der Waals surface area contributed by atoms with Crippen LogP contribution in [0.15, 0.2) is 10.5 Å². The average molecular weight is 184 g/mol. The molecular weight excluding hydrogens is 168 g/mol.